The van der Waals surface area contributed by atoms with Gasteiger partial charge in [0.15, 0.2) is 9.84 Å². The van der Waals surface area contributed by atoms with Gasteiger partial charge in [0.1, 0.15) is 11.5 Å². The third-order valence-corrected chi connectivity index (χ3v) is 4.82. The van der Waals surface area contributed by atoms with Crippen LogP contribution in [0.1, 0.15) is 5.69 Å². The molecule has 5 nitrogen and oxygen atoms in total. The predicted octanol–water partition coefficient (Wildman–Crippen LogP) is 2.65. The highest BCUT2D eigenvalue weighted by Gasteiger charge is 2.16. The second kappa shape index (κ2) is 6.21. The highest BCUT2D eigenvalue weighted by Crippen LogP contribution is 2.17. The third kappa shape index (κ3) is 3.57. The van der Waals surface area contributed by atoms with Crippen molar-refractivity contribution in [3.63, 3.8) is 0 Å². The maximum atomic E-state index is 12.9. The highest BCUT2D eigenvalue weighted by atomic mass is 32.2. The Balaban J connectivity index is 1.82. The molecule has 3 rings (SSSR count). The summed E-state index contributed by atoms with van der Waals surface area (Å²) in [5.74, 6) is -0.780. The van der Waals surface area contributed by atoms with E-state index in [9.17, 15) is 12.8 Å². The van der Waals surface area contributed by atoms with Crippen molar-refractivity contribution in [1.29, 1.82) is 0 Å². The van der Waals surface area contributed by atoms with Crippen LogP contribution in [0.3, 0.4) is 0 Å². The number of benzene rings is 1. The first-order valence-electron chi connectivity index (χ1n) is 6.77. The van der Waals surface area contributed by atoms with Gasteiger partial charge in [-0.05, 0) is 48.5 Å². The first kappa shape index (κ1) is 15.2. The van der Waals surface area contributed by atoms with Crippen molar-refractivity contribution in [3.8, 4) is 11.4 Å². The molecule has 7 heteroatoms. The average Bonchev–Trinajstić information content (AvgIpc) is 2.56. The quantitative estimate of drug-likeness (QED) is 0.688. The van der Waals surface area contributed by atoms with Gasteiger partial charge in [0.05, 0.1) is 22.0 Å². The van der Waals surface area contributed by atoms with Crippen molar-refractivity contribution in [1.82, 2.24) is 15.2 Å². The van der Waals surface area contributed by atoms with Crippen LogP contribution in [-0.2, 0) is 15.6 Å². The maximum Gasteiger partial charge on any atom is 0.184 e. The number of nitrogens with zero attached hydrogens (tertiary/aromatic N) is 3. The Labute approximate surface area is 132 Å². The van der Waals surface area contributed by atoms with Crippen LogP contribution >= 0.6 is 0 Å². The molecule has 0 aliphatic carbocycles. The van der Waals surface area contributed by atoms with Crippen molar-refractivity contribution >= 4 is 9.84 Å². The van der Waals surface area contributed by atoms with Crippen LogP contribution < -0.4 is 0 Å². The molecule has 0 fully saturated rings. The molecule has 2 heterocycles. The molecule has 0 aliphatic heterocycles. The molecule has 0 bridgehead atoms. The van der Waals surface area contributed by atoms with E-state index in [1.54, 1.807) is 30.5 Å². The van der Waals surface area contributed by atoms with Crippen molar-refractivity contribution in [2.75, 3.05) is 0 Å². The van der Waals surface area contributed by atoms with E-state index in [-0.39, 0.29) is 10.6 Å². The molecule has 3 aromatic rings. The molecule has 23 heavy (non-hydrogen) atoms. The molecular weight excluding hydrogens is 317 g/mol. The van der Waals surface area contributed by atoms with Gasteiger partial charge in [0.25, 0.3) is 0 Å². The minimum Gasteiger partial charge on any atom is -0.255 e. The van der Waals surface area contributed by atoms with Gasteiger partial charge >= 0.3 is 0 Å². The zero-order valence-corrected chi connectivity index (χ0v) is 12.7. The van der Waals surface area contributed by atoms with E-state index in [1.165, 1.54) is 12.1 Å². The molecule has 0 atom stereocenters. The Morgan fingerprint density at radius 1 is 0.870 bits per heavy atom. The molecule has 0 radical (unpaired) electrons. The summed E-state index contributed by atoms with van der Waals surface area (Å²) in [6.45, 7) is 0. The summed E-state index contributed by atoms with van der Waals surface area (Å²) in [6, 6.07) is 13.4. The Kier molecular flexibility index (Phi) is 4.12. The molecule has 1 aromatic carbocycles. The van der Waals surface area contributed by atoms with Gasteiger partial charge in [-0.1, -0.05) is 6.07 Å². The van der Waals surface area contributed by atoms with Gasteiger partial charge in [-0.2, -0.15) is 5.10 Å². The summed E-state index contributed by atoms with van der Waals surface area (Å²) in [4.78, 5) is 4.20. The topological polar surface area (TPSA) is 72.8 Å². The lowest BCUT2D eigenvalue weighted by atomic mass is 10.2. The van der Waals surface area contributed by atoms with E-state index >= 15 is 0 Å². The monoisotopic (exact) mass is 329 g/mol. The fourth-order valence-corrected chi connectivity index (χ4v) is 3.27. The van der Waals surface area contributed by atoms with Crippen LogP contribution in [0.4, 0.5) is 4.39 Å². The van der Waals surface area contributed by atoms with E-state index in [0.29, 0.717) is 17.1 Å². The molecule has 2 aromatic heterocycles. The van der Waals surface area contributed by atoms with Crippen molar-refractivity contribution in [3.05, 3.63) is 72.3 Å². The largest absolute Gasteiger partial charge is 0.255 e. The Morgan fingerprint density at radius 2 is 1.65 bits per heavy atom. The molecule has 116 valence electrons. The molecule has 0 N–H and O–H groups in total. The second-order valence-electron chi connectivity index (χ2n) is 4.84. The Bertz CT molecular complexity index is 896. The van der Waals surface area contributed by atoms with E-state index in [0.717, 1.165) is 12.1 Å². The number of sulfone groups is 1. The fraction of sp³-hybridized carbons (Fsp3) is 0.0625. The van der Waals surface area contributed by atoms with E-state index < -0.39 is 15.7 Å². The molecule has 0 amide bonds. The SMILES string of the molecule is O=S(=O)(Cc1ccc(-c2ccccn2)nn1)c1ccc(F)cc1. The lowest BCUT2D eigenvalue weighted by Crippen LogP contribution is -2.07. The smallest absolute Gasteiger partial charge is 0.184 e. The predicted molar refractivity (Wildman–Crippen MR) is 82.6 cm³/mol. The van der Waals surface area contributed by atoms with Crippen LogP contribution in [0.25, 0.3) is 11.4 Å². The summed E-state index contributed by atoms with van der Waals surface area (Å²) in [5.41, 5.74) is 1.54. The fourth-order valence-electron chi connectivity index (χ4n) is 2.01. The lowest BCUT2D eigenvalue weighted by molar-refractivity contribution is 0.593. The molecular formula is C16H12FN3O2S. The number of hydrogen-bond donors (Lipinski definition) is 0. The second-order valence-corrected chi connectivity index (χ2v) is 6.83. The Hall–Kier alpha value is -2.67. The van der Waals surface area contributed by atoms with Gasteiger partial charge in [0, 0.05) is 6.20 Å². The van der Waals surface area contributed by atoms with Crippen LogP contribution in [0.15, 0.2) is 65.7 Å². The third-order valence-electron chi connectivity index (χ3n) is 3.16. The van der Waals surface area contributed by atoms with Crippen LogP contribution in [0.2, 0.25) is 0 Å². The highest BCUT2D eigenvalue weighted by molar-refractivity contribution is 7.90. The van der Waals surface area contributed by atoms with E-state index in [4.69, 9.17) is 0 Å². The lowest BCUT2D eigenvalue weighted by Gasteiger charge is -2.04. The van der Waals surface area contributed by atoms with Gasteiger partial charge in [-0.3, -0.25) is 4.98 Å². The van der Waals surface area contributed by atoms with Crippen molar-refractivity contribution in [2.24, 2.45) is 0 Å². The Morgan fingerprint density at radius 3 is 2.26 bits per heavy atom. The first-order chi connectivity index (χ1) is 11.0. The van der Waals surface area contributed by atoms with Crippen LogP contribution in [0, 0.1) is 5.82 Å². The van der Waals surface area contributed by atoms with Crippen LogP contribution in [-0.4, -0.2) is 23.6 Å². The first-order valence-corrected chi connectivity index (χ1v) is 8.42. The standard InChI is InChI=1S/C16H12FN3O2S/c17-12-4-7-14(8-5-12)23(21,22)11-13-6-9-16(20-19-13)15-3-1-2-10-18-15/h1-10H,11H2. The number of pyridine rings is 1. The zero-order chi connectivity index (χ0) is 16.3. The summed E-state index contributed by atoms with van der Waals surface area (Å²) in [6.07, 6.45) is 1.64. The van der Waals surface area contributed by atoms with Gasteiger partial charge in [-0.15, -0.1) is 5.10 Å². The van der Waals surface area contributed by atoms with Gasteiger partial charge in [0.2, 0.25) is 0 Å². The average molecular weight is 329 g/mol. The van der Waals surface area contributed by atoms with Crippen LogP contribution in [0.5, 0.6) is 0 Å². The number of rotatable bonds is 4. The van der Waals surface area contributed by atoms with Gasteiger partial charge < -0.3 is 0 Å². The van der Waals surface area contributed by atoms with E-state index in [1.807, 2.05) is 6.07 Å². The van der Waals surface area contributed by atoms with Crippen molar-refractivity contribution < 1.29 is 12.8 Å². The molecule has 0 unspecified atom stereocenters. The zero-order valence-electron chi connectivity index (χ0n) is 11.9. The normalized spacial score (nSPS) is 11.3. The number of hydrogen-bond acceptors (Lipinski definition) is 5. The number of aromatic nitrogens is 3. The van der Waals surface area contributed by atoms with Gasteiger partial charge in [-0.25, -0.2) is 12.8 Å². The minimum atomic E-state index is -3.59. The summed E-state index contributed by atoms with van der Waals surface area (Å²) < 4.78 is 37.4. The molecule has 0 aliphatic rings. The van der Waals surface area contributed by atoms with E-state index in [2.05, 4.69) is 15.2 Å². The molecule has 0 saturated carbocycles. The summed E-state index contributed by atoms with van der Waals surface area (Å²) in [7, 11) is -3.59. The van der Waals surface area contributed by atoms with Crippen molar-refractivity contribution in [2.45, 2.75) is 10.6 Å². The summed E-state index contributed by atoms with van der Waals surface area (Å²) in [5, 5.41) is 7.94. The maximum absolute atomic E-state index is 12.9. The number of halogens is 1. The molecule has 0 saturated heterocycles. The summed E-state index contributed by atoms with van der Waals surface area (Å²) >= 11 is 0. The molecule has 0 spiro atoms. The minimum absolute atomic E-state index is 0.0505.